The second kappa shape index (κ2) is 5.81. The summed E-state index contributed by atoms with van der Waals surface area (Å²) in [5.41, 5.74) is 8.00. The molecule has 23 heavy (non-hydrogen) atoms. The van der Waals surface area contributed by atoms with E-state index in [2.05, 4.69) is 88.8 Å². The molecule has 0 N–H and O–H groups in total. The lowest BCUT2D eigenvalue weighted by Crippen LogP contribution is -2.31. The van der Waals surface area contributed by atoms with Crippen LogP contribution in [0.4, 0.5) is 0 Å². The topological polar surface area (TPSA) is 3.88 Å². The number of nitrogens with zero attached hydrogens (tertiary/aromatic N) is 1. The van der Waals surface area contributed by atoms with Gasteiger partial charge in [-0.3, -0.25) is 0 Å². The Hall–Kier alpha value is -2.15. The molecule has 118 valence electrons. The zero-order valence-corrected chi connectivity index (χ0v) is 15.1. The zero-order chi connectivity index (χ0) is 16.7. The lowest BCUT2D eigenvalue weighted by molar-refractivity contribution is -0.659. The lowest BCUT2D eigenvalue weighted by Gasteiger charge is -2.13. The summed E-state index contributed by atoms with van der Waals surface area (Å²) < 4.78 is 2.27. The first kappa shape index (κ1) is 15.7. The van der Waals surface area contributed by atoms with Gasteiger partial charge in [-0.1, -0.05) is 43.7 Å². The average Bonchev–Trinajstić information content (AvgIpc) is 2.50. The van der Waals surface area contributed by atoms with Gasteiger partial charge in [-0.25, -0.2) is 4.57 Å². The molecule has 3 rings (SSSR count). The van der Waals surface area contributed by atoms with Crippen LogP contribution in [0.3, 0.4) is 0 Å². The molecule has 1 heteroatoms. The highest BCUT2D eigenvalue weighted by Gasteiger charge is 2.19. The van der Waals surface area contributed by atoms with Gasteiger partial charge in [0, 0.05) is 11.1 Å². The predicted molar refractivity (Wildman–Crippen MR) is 98.9 cm³/mol. The normalized spacial score (nSPS) is 11.4. The highest BCUT2D eigenvalue weighted by Crippen LogP contribution is 2.31. The quantitative estimate of drug-likeness (QED) is 0.560. The number of rotatable bonds is 2. The molecule has 1 nitrogen and oxygen atoms in total. The van der Waals surface area contributed by atoms with Crippen LogP contribution in [0.2, 0.25) is 0 Å². The van der Waals surface area contributed by atoms with E-state index in [-0.39, 0.29) is 0 Å². The third-order valence-electron chi connectivity index (χ3n) is 4.78. The minimum atomic E-state index is 0.553. The average molecular weight is 304 g/mol. The Morgan fingerprint density at radius 3 is 2.26 bits per heavy atom. The van der Waals surface area contributed by atoms with Crippen molar-refractivity contribution in [1.29, 1.82) is 0 Å². The van der Waals surface area contributed by atoms with Gasteiger partial charge in [0.05, 0.1) is 5.39 Å². The van der Waals surface area contributed by atoms with Gasteiger partial charge >= 0.3 is 0 Å². The van der Waals surface area contributed by atoms with Gasteiger partial charge in [0.15, 0.2) is 6.20 Å². The molecule has 0 radical (unpaired) electrons. The second-order valence-corrected chi connectivity index (χ2v) is 7.05. The molecule has 0 aliphatic heterocycles. The fourth-order valence-corrected chi connectivity index (χ4v) is 3.39. The van der Waals surface area contributed by atoms with Crippen molar-refractivity contribution in [2.24, 2.45) is 7.05 Å². The molecule has 1 aromatic heterocycles. The van der Waals surface area contributed by atoms with Crippen molar-refractivity contribution < 1.29 is 4.57 Å². The maximum atomic E-state index is 2.37. The molecule has 0 unspecified atom stereocenters. The number of fused-ring (bicyclic) bond motifs is 1. The lowest BCUT2D eigenvalue weighted by atomic mass is 9.93. The highest BCUT2D eigenvalue weighted by molar-refractivity contribution is 5.95. The second-order valence-electron chi connectivity index (χ2n) is 7.05. The molecule has 0 bridgehead atoms. The van der Waals surface area contributed by atoms with Crippen LogP contribution in [0, 0.1) is 20.8 Å². The van der Waals surface area contributed by atoms with Crippen molar-refractivity contribution >= 4 is 10.8 Å². The van der Waals surface area contributed by atoms with Crippen molar-refractivity contribution in [3.63, 3.8) is 0 Å². The largest absolute Gasteiger partial charge is 0.220 e. The molecule has 0 atom stereocenters. The van der Waals surface area contributed by atoms with E-state index in [0.29, 0.717) is 5.92 Å². The Balaban J connectivity index is 2.39. The first-order chi connectivity index (χ1) is 10.9. The van der Waals surface area contributed by atoms with Crippen LogP contribution in [0.5, 0.6) is 0 Å². The molecule has 0 amide bonds. The van der Waals surface area contributed by atoms with Crippen molar-refractivity contribution in [3.8, 4) is 11.3 Å². The SMILES string of the molecule is Cc1ccc(C)c(-c2c3ccc(C(C)C)cc3c(C)c[n+]2C)c1. The Labute approximate surface area is 139 Å². The molecule has 1 heterocycles. The van der Waals surface area contributed by atoms with E-state index in [4.69, 9.17) is 0 Å². The van der Waals surface area contributed by atoms with Crippen molar-refractivity contribution in [1.82, 2.24) is 0 Å². The van der Waals surface area contributed by atoms with Crippen LogP contribution < -0.4 is 4.57 Å². The summed E-state index contributed by atoms with van der Waals surface area (Å²) >= 11 is 0. The van der Waals surface area contributed by atoms with E-state index in [9.17, 15) is 0 Å². The Morgan fingerprint density at radius 1 is 0.826 bits per heavy atom. The Morgan fingerprint density at radius 2 is 1.57 bits per heavy atom. The summed E-state index contributed by atoms with van der Waals surface area (Å²) in [6, 6.07) is 13.7. The fraction of sp³-hybridized carbons (Fsp3) is 0.318. The maximum absolute atomic E-state index is 2.37. The number of aryl methyl sites for hydroxylation is 4. The van der Waals surface area contributed by atoms with Crippen molar-refractivity contribution in [2.75, 3.05) is 0 Å². The van der Waals surface area contributed by atoms with Gasteiger partial charge in [-0.05, 0) is 55.3 Å². The summed E-state index contributed by atoms with van der Waals surface area (Å²) in [5.74, 6) is 0.553. The first-order valence-corrected chi connectivity index (χ1v) is 8.39. The van der Waals surface area contributed by atoms with Gasteiger partial charge in [-0.2, -0.15) is 0 Å². The first-order valence-electron chi connectivity index (χ1n) is 8.39. The van der Waals surface area contributed by atoms with E-state index in [1.807, 2.05) is 0 Å². The van der Waals surface area contributed by atoms with Crippen molar-refractivity contribution in [2.45, 2.75) is 40.5 Å². The van der Waals surface area contributed by atoms with Crippen LogP contribution in [0.1, 0.15) is 42.0 Å². The van der Waals surface area contributed by atoms with E-state index >= 15 is 0 Å². The van der Waals surface area contributed by atoms with Crippen LogP contribution in [0.15, 0.2) is 42.6 Å². The van der Waals surface area contributed by atoms with Crippen LogP contribution in [-0.4, -0.2) is 0 Å². The minimum absolute atomic E-state index is 0.553. The fourth-order valence-electron chi connectivity index (χ4n) is 3.39. The van der Waals surface area contributed by atoms with Gasteiger partial charge < -0.3 is 0 Å². The van der Waals surface area contributed by atoms with Gasteiger partial charge in [0.1, 0.15) is 7.05 Å². The minimum Gasteiger partial charge on any atom is -0.200 e. The molecular formula is C22H26N+. The van der Waals surface area contributed by atoms with Gasteiger partial charge in [-0.15, -0.1) is 0 Å². The Bertz CT molecular complexity index is 888. The highest BCUT2D eigenvalue weighted by atomic mass is 14.9. The molecule has 0 aliphatic carbocycles. The Kier molecular flexibility index (Phi) is 3.97. The summed E-state index contributed by atoms with van der Waals surface area (Å²) in [6.45, 7) is 11.1. The summed E-state index contributed by atoms with van der Waals surface area (Å²) in [5, 5.41) is 2.70. The van der Waals surface area contributed by atoms with Gasteiger partial charge in [0.25, 0.3) is 0 Å². The molecule has 0 spiro atoms. The summed E-state index contributed by atoms with van der Waals surface area (Å²) in [6.07, 6.45) is 2.25. The third kappa shape index (κ3) is 2.76. The number of benzene rings is 2. The van der Waals surface area contributed by atoms with E-state index in [1.165, 1.54) is 44.3 Å². The molecular weight excluding hydrogens is 278 g/mol. The summed E-state index contributed by atoms with van der Waals surface area (Å²) in [7, 11) is 2.15. The smallest absolute Gasteiger partial charge is 0.200 e. The number of hydrogen-bond donors (Lipinski definition) is 0. The number of hydrogen-bond acceptors (Lipinski definition) is 0. The third-order valence-corrected chi connectivity index (χ3v) is 4.78. The van der Waals surface area contributed by atoms with E-state index in [1.54, 1.807) is 0 Å². The van der Waals surface area contributed by atoms with Crippen LogP contribution in [-0.2, 0) is 7.05 Å². The number of aromatic nitrogens is 1. The zero-order valence-electron chi connectivity index (χ0n) is 15.1. The molecule has 0 aliphatic rings. The van der Waals surface area contributed by atoms with Crippen LogP contribution >= 0.6 is 0 Å². The van der Waals surface area contributed by atoms with Crippen LogP contribution in [0.25, 0.3) is 22.0 Å². The molecule has 0 saturated heterocycles. The predicted octanol–water partition coefficient (Wildman–Crippen LogP) is 5.38. The molecule has 0 saturated carbocycles. The van der Waals surface area contributed by atoms with Gasteiger partial charge in [0.2, 0.25) is 5.69 Å². The number of pyridine rings is 1. The molecule has 2 aromatic carbocycles. The van der Waals surface area contributed by atoms with Crippen molar-refractivity contribution in [3.05, 3.63) is 64.8 Å². The standard InChI is InChI=1S/C22H26N/c1-14(2)18-9-10-19-20(12-18)17(5)13-23(6)22(19)21-11-15(3)7-8-16(21)4/h7-14H,1-6H3/q+1. The molecule has 3 aromatic rings. The maximum Gasteiger partial charge on any atom is 0.220 e. The summed E-state index contributed by atoms with van der Waals surface area (Å²) in [4.78, 5) is 0. The molecule has 0 fully saturated rings. The van der Waals surface area contributed by atoms with E-state index in [0.717, 1.165) is 0 Å². The monoisotopic (exact) mass is 304 g/mol. The van der Waals surface area contributed by atoms with E-state index < -0.39 is 0 Å².